The van der Waals surface area contributed by atoms with Gasteiger partial charge in [-0.1, -0.05) is 26.0 Å². The van der Waals surface area contributed by atoms with Gasteiger partial charge in [-0.15, -0.1) is 0 Å². The largest absolute Gasteiger partial charge is 0.354 e. The van der Waals surface area contributed by atoms with E-state index < -0.39 is 0 Å². The molecule has 2 rings (SSSR count). The van der Waals surface area contributed by atoms with Gasteiger partial charge in [0.2, 0.25) is 5.91 Å². The van der Waals surface area contributed by atoms with Crippen LogP contribution in [0.1, 0.15) is 51.5 Å². The molecule has 2 unspecified atom stereocenters. The molecule has 23 heavy (non-hydrogen) atoms. The fraction of sp³-hybridized carbons (Fsp3) is 0.632. The SMILES string of the molecule is CCC(C(=O)NCC(C)N1CCC(C)CC1)c1ccc(F)cc1. The quantitative estimate of drug-likeness (QED) is 0.869. The van der Waals surface area contributed by atoms with Crippen molar-refractivity contribution in [3.05, 3.63) is 35.6 Å². The predicted molar refractivity (Wildman–Crippen MR) is 91.9 cm³/mol. The molecule has 1 aromatic rings. The van der Waals surface area contributed by atoms with Gasteiger partial charge in [0.1, 0.15) is 5.82 Å². The summed E-state index contributed by atoms with van der Waals surface area (Å²) in [5.41, 5.74) is 0.880. The van der Waals surface area contributed by atoms with Crippen LogP contribution in [-0.4, -0.2) is 36.5 Å². The summed E-state index contributed by atoms with van der Waals surface area (Å²) >= 11 is 0. The van der Waals surface area contributed by atoms with E-state index in [1.54, 1.807) is 12.1 Å². The van der Waals surface area contributed by atoms with Crippen LogP contribution in [-0.2, 0) is 4.79 Å². The van der Waals surface area contributed by atoms with Gasteiger partial charge in [0.15, 0.2) is 0 Å². The van der Waals surface area contributed by atoms with Crippen molar-refractivity contribution in [3.63, 3.8) is 0 Å². The molecule has 4 heteroatoms. The minimum absolute atomic E-state index is 0.0383. The number of halogens is 1. The summed E-state index contributed by atoms with van der Waals surface area (Å²) < 4.78 is 13.0. The third-order valence-electron chi connectivity index (χ3n) is 5.01. The number of amides is 1. The Kier molecular flexibility index (Phi) is 6.58. The van der Waals surface area contributed by atoms with Crippen LogP contribution < -0.4 is 5.32 Å². The van der Waals surface area contributed by atoms with Crippen molar-refractivity contribution < 1.29 is 9.18 Å². The Balaban J connectivity index is 1.86. The maximum absolute atomic E-state index is 13.0. The summed E-state index contributed by atoms with van der Waals surface area (Å²) in [6.45, 7) is 9.38. The average molecular weight is 320 g/mol. The summed E-state index contributed by atoms with van der Waals surface area (Å²) in [4.78, 5) is 14.9. The van der Waals surface area contributed by atoms with Gasteiger partial charge < -0.3 is 5.32 Å². The predicted octanol–water partition coefficient (Wildman–Crippen LogP) is 3.56. The number of nitrogens with zero attached hydrogens (tertiary/aromatic N) is 1. The first kappa shape index (κ1) is 17.9. The molecule has 1 N–H and O–H groups in total. The lowest BCUT2D eigenvalue weighted by atomic mass is 9.95. The van der Waals surface area contributed by atoms with E-state index in [0.29, 0.717) is 19.0 Å². The monoisotopic (exact) mass is 320 g/mol. The molecule has 1 saturated heterocycles. The Morgan fingerprint density at radius 2 is 1.91 bits per heavy atom. The molecule has 2 atom stereocenters. The molecule has 0 saturated carbocycles. The number of rotatable bonds is 6. The van der Waals surface area contributed by atoms with E-state index in [2.05, 4.69) is 24.1 Å². The van der Waals surface area contributed by atoms with Gasteiger partial charge in [-0.05, 0) is 62.9 Å². The second kappa shape index (κ2) is 8.44. The number of nitrogens with one attached hydrogen (secondary N) is 1. The van der Waals surface area contributed by atoms with Crippen LogP contribution in [0.2, 0.25) is 0 Å². The van der Waals surface area contributed by atoms with Crippen LogP contribution in [0.5, 0.6) is 0 Å². The van der Waals surface area contributed by atoms with E-state index in [1.165, 1.54) is 25.0 Å². The van der Waals surface area contributed by atoms with E-state index >= 15 is 0 Å². The molecule has 0 spiro atoms. The highest BCUT2D eigenvalue weighted by Gasteiger charge is 2.23. The maximum atomic E-state index is 13.0. The number of carbonyl (C=O) groups is 1. The number of carbonyl (C=O) groups excluding carboxylic acids is 1. The third-order valence-corrected chi connectivity index (χ3v) is 5.01. The standard InChI is InChI=1S/C19H29FN2O/c1-4-18(16-5-7-17(20)8-6-16)19(23)21-13-15(3)22-11-9-14(2)10-12-22/h5-8,14-15,18H,4,9-13H2,1-3H3,(H,21,23). The Hall–Kier alpha value is -1.42. The fourth-order valence-electron chi connectivity index (χ4n) is 3.24. The van der Waals surface area contributed by atoms with Gasteiger partial charge in [-0.25, -0.2) is 4.39 Å². The Labute approximate surface area is 139 Å². The Bertz CT molecular complexity index is 495. The van der Waals surface area contributed by atoms with Gasteiger partial charge in [0.05, 0.1) is 5.92 Å². The van der Waals surface area contributed by atoms with E-state index in [4.69, 9.17) is 0 Å². The van der Waals surface area contributed by atoms with Gasteiger partial charge >= 0.3 is 0 Å². The lowest BCUT2D eigenvalue weighted by Crippen LogP contribution is -2.46. The highest BCUT2D eigenvalue weighted by atomic mass is 19.1. The second-order valence-corrected chi connectivity index (χ2v) is 6.83. The second-order valence-electron chi connectivity index (χ2n) is 6.83. The molecular formula is C19H29FN2O. The zero-order valence-corrected chi connectivity index (χ0v) is 14.5. The Morgan fingerprint density at radius 1 is 1.30 bits per heavy atom. The number of benzene rings is 1. The van der Waals surface area contributed by atoms with Crippen LogP contribution in [0.3, 0.4) is 0 Å². The topological polar surface area (TPSA) is 32.3 Å². The summed E-state index contributed by atoms with van der Waals surface area (Å²) in [5.74, 6) is 0.383. The first-order valence-corrected chi connectivity index (χ1v) is 8.78. The van der Waals surface area contributed by atoms with Crippen molar-refractivity contribution >= 4 is 5.91 Å². The summed E-state index contributed by atoms with van der Waals surface area (Å²) in [6, 6.07) is 6.61. The van der Waals surface area contributed by atoms with Crippen LogP contribution >= 0.6 is 0 Å². The van der Waals surface area contributed by atoms with Crippen molar-refractivity contribution in [1.82, 2.24) is 10.2 Å². The van der Waals surface area contributed by atoms with E-state index in [-0.39, 0.29) is 17.6 Å². The zero-order chi connectivity index (χ0) is 16.8. The molecule has 1 fully saturated rings. The number of piperidine rings is 1. The number of likely N-dealkylation sites (tertiary alicyclic amines) is 1. The van der Waals surface area contributed by atoms with Gasteiger partial charge in [0.25, 0.3) is 0 Å². The van der Waals surface area contributed by atoms with Gasteiger partial charge in [-0.3, -0.25) is 9.69 Å². The molecule has 1 aromatic carbocycles. The minimum atomic E-state index is -0.267. The molecule has 3 nitrogen and oxygen atoms in total. The highest BCUT2D eigenvalue weighted by Crippen LogP contribution is 2.21. The summed E-state index contributed by atoms with van der Waals surface area (Å²) in [5, 5.41) is 3.08. The first-order chi connectivity index (χ1) is 11.0. The minimum Gasteiger partial charge on any atom is -0.354 e. The number of hydrogen-bond donors (Lipinski definition) is 1. The summed E-state index contributed by atoms with van der Waals surface area (Å²) in [6.07, 6.45) is 3.20. The zero-order valence-electron chi connectivity index (χ0n) is 14.5. The molecule has 0 bridgehead atoms. The van der Waals surface area contributed by atoms with Crippen LogP contribution in [0, 0.1) is 11.7 Å². The Morgan fingerprint density at radius 3 is 2.48 bits per heavy atom. The van der Waals surface area contributed by atoms with Crippen molar-refractivity contribution in [2.45, 2.75) is 52.0 Å². The molecular weight excluding hydrogens is 291 g/mol. The van der Waals surface area contributed by atoms with Crippen molar-refractivity contribution in [2.75, 3.05) is 19.6 Å². The molecule has 128 valence electrons. The molecule has 0 aromatic heterocycles. The molecule has 1 amide bonds. The fourth-order valence-corrected chi connectivity index (χ4v) is 3.24. The van der Waals surface area contributed by atoms with E-state index in [1.807, 2.05) is 6.92 Å². The van der Waals surface area contributed by atoms with E-state index in [0.717, 1.165) is 24.6 Å². The third kappa shape index (κ3) is 5.03. The molecule has 1 aliphatic heterocycles. The van der Waals surface area contributed by atoms with Gasteiger partial charge in [-0.2, -0.15) is 0 Å². The maximum Gasteiger partial charge on any atom is 0.227 e. The smallest absolute Gasteiger partial charge is 0.227 e. The molecule has 1 aliphatic rings. The first-order valence-electron chi connectivity index (χ1n) is 8.78. The molecule has 0 radical (unpaired) electrons. The van der Waals surface area contributed by atoms with Crippen LogP contribution in [0.4, 0.5) is 4.39 Å². The molecule has 1 heterocycles. The molecule has 0 aliphatic carbocycles. The van der Waals surface area contributed by atoms with Crippen molar-refractivity contribution in [3.8, 4) is 0 Å². The van der Waals surface area contributed by atoms with Crippen molar-refractivity contribution in [1.29, 1.82) is 0 Å². The lowest BCUT2D eigenvalue weighted by molar-refractivity contribution is -0.122. The van der Waals surface area contributed by atoms with E-state index in [9.17, 15) is 9.18 Å². The lowest BCUT2D eigenvalue weighted by Gasteiger charge is -2.35. The van der Waals surface area contributed by atoms with Crippen LogP contribution in [0.25, 0.3) is 0 Å². The van der Waals surface area contributed by atoms with Crippen LogP contribution in [0.15, 0.2) is 24.3 Å². The highest BCUT2D eigenvalue weighted by molar-refractivity contribution is 5.83. The number of hydrogen-bond acceptors (Lipinski definition) is 2. The summed E-state index contributed by atoms with van der Waals surface area (Å²) in [7, 11) is 0. The van der Waals surface area contributed by atoms with Crippen molar-refractivity contribution in [2.24, 2.45) is 5.92 Å². The normalized spacial score (nSPS) is 19.3. The average Bonchev–Trinajstić information content (AvgIpc) is 2.55. The van der Waals surface area contributed by atoms with Gasteiger partial charge in [0, 0.05) is 12.6 Å².